The summed E-state index contributed by atoms with van der Waals surface area (Å²) in [6.45, 7) is 3.60. The van der Waals surface area contributed by atoms with Crippen molar-refractivity contribution in [3.8, 4) is 0 Å². The number of rotatable bonds is 4. The van der Waals surface area contributed by atoms with Crippen LogP contribution in [-0.2, 0) is 0 Å². The maximum atomic E-state index is 8.50. The zero-order valence-electron chi connectivity index (χ0n) is 6.17. The summed E-state index contributed by atoms with van der Waals surface area (Å²) in [5, 5.41) is 8.50. The molecule has 3 nitrogen and oxygen atoms in total. The highest BCUT2D eigenvalue weighted by Gasteiger charge is 2.03. The Hall–Kier alpha value is -0.120. The summed E-state index contributed by atoms with van der Waals surface area (Å²) in [5.74, 6) is 0. The quantitative estimate of drug-likeness (QED) is 0.529. The maximum absolute atomic E-state index is 8.50. The average molecular weight is 132 g/mol. The lowest BCUT2D eigenvalue weighted by Gasteiger charge is -2.21. The van der Waals surface area contributed by atoms with Crippen molar-refractivity contribution in [3.63, 3.8) is 0 Å². The van der Waals surface area contributed by atoms with Crippen molar-refractivity contribution < 1.29 is 5.11 Å². The third kappa shape index (κ3) is 3.46. The van der Waals surface area contributed by atoms with Gasteiger partial charge < -0.3 is 15.7 Å². The molecule has 0 heterocycles. The van der Waals surface area contributed by atoms with Crippen LogP contribution in [0.1, 0.15) is 6.92 Å². The summed E-state index contributed by atoms with van der Waals surface area (Å²) >= 11 is 0. The smallest absolute Gasteiger partial charge is 0.0558 e. The summed E-state index contributed by atoms with van der Waals surface area (Å²) in [5.41, 5.74) is 5.38. The van der Waals surface area contributed by atoms with Gasteiger partial charge in [-0.3, -0.25) is 0 Å². The second-order valence-corrected chi connectivity index (χ2v) is 2.29. The number of hydrogen-bond donors (Lipinski definition) is 2. The van der Waals surface area contributed by atoms with E-state index in [1.807, 2.05) is 18.9 Å². The molecule has 3 N–H and O–H groups in total. The monoisotopic (exact) mass is 132 g/mol. The fourth-order valence-electron chi connectivity index (χ4n) is 0.558. The fourth-order valence-corrected chi connectivity index (χ4v) is 0.558. The second kappa shape index (κ2) is 4.73. The Labute approximate surface area is 56.5 Å². The first-order valence-electron chi connectivity index (χ1n) is 3.23. The second-order valence-electron chi connectivity index (χ2n) is 2.29. The predicted molar refractivity (Wildman–Crippen MR) is 38.2 cm³/mol. The molecular weight excluding hydrogens is 116 g/mol. The highest BCUT2D eigenvalue weighted by Crippen LogP contribution is 1.89. The molecule has 0 amide bonds. The Balaban J connectivity index is 3.32. The number of aliphatic hydroxyl groups is 1. The van der Waals surface area contributed by atoms with E-state index in [1.54, 1.807) is 0 Å². The standard InChI is InChI=1S/C6H16N2O/c1-6(5-7)8(2)3-4-9/h6,9H,3-5,7H2,1-2H3/t6-/m1/s1. The molecule has 0 aliphatic heterocycles. The van der Waals surface area contributed by atoms with Gasteiger partial charge in [0.05, 0.1) is 6.61 Å². The molecule has 3 heteroatoms. The third-order valence-corrected chi connectivity index (χ3v) is 1.55. The Morgan fingerprint density at radius 1 is 1.67 bits per heavy atom. The van der Waals surface area contributed by atoms with E-state index in [4.69, 9.17) is 10.8 Å². The van der Waals surface area contributed by atoms with E-state index < -0.39 is 0 Å². The molecule has 0 fully saturated rings. The van der Waals surface area contributed by atoms with Gasteiger partial charge in [-0.1, -0.05) is 0 Å². The molecule has 0 saturated heterocycles. The van der Waals surface area contributed by atoms with Crippen LogP contribution in [0.5, 0.6) is 0 Å². The number of hydrogen-bond acceptors (Lipinski definition) is 3. The van der Waals surface area contributed by atoms with Crippen LogP contribution in [0.25, 0.3) is 0 Å². The molecule has 0 bridgehead atoms. The topological polar surface area (TPSA) is 49.5 Å². The molecule has 0 aromatic heterocycles. The van der Waals surface area contributed by atoms with Crippen LogP contribution in [0.4, 0.5) is 0 Å². The molecule has 0 aromatic rings. The van der Waals surface area contributed by atoms with Crippen molar-refractivity contribution >= 4 is 0 Å². The number of nitrogens with zero attached hydrogens (tertiary/aromatic N) is 1. The Bertz CT molecular complexity index is 68.1. The van der Waals surface area contributed by atoms with E-state index >= 15 is 0 Å². The lowest BCUT2D eigenvalue weighted by Crippen LogP contribution is -2.36. The zero-order chi connectivity index (χ0) is 7.28. The zero-order valence-corrected chi connectivity index (χ0v) is 6.17. The normalized spacial score (nSPS) is 14.3. The maximum Gasteiger partial charge on any atom is 0.0558 e. The van der Waals surface area contributed by atoms with E-state index in [9.17, 15) is 0 Å². The van der Waals surface area contributed by atoms with Crippen LogP contribution in [0, 0.1) is 0 Å². The Kier molecular flexibility index (Phi) is 4.67. The highest BCUT2D eigenvalue weighted by atomic mass is 16.3. The molecule has 0 unspecified atom stereocenters. The molecule has 1 atom stereocenters. The largest absolute Gasteiger partial charge is 0.395 e. The third-order valence-electron chi connectivity index (χ3n) is 1.55. The van der Waals surface area contributed by atoms with Crippen LogP contribution in [0.15, 0.2) is 0 Å². The molecular formula is C6H16N2O. The Morgan fingerprint density at radius 2 is 2.22 bits per heavy atom. The number of nitrogens with two attached hydrogens (primary N) is 1. The van der Waals surface area contributed by atoms with Crippen molar-refractivity contribution in [2.24, 2.45) is 5.73 Å². The van der Waals surface area contributed by atoms with Crippen LogP contribution in [-0.4, -0.2) is 42.8 Å². The molecule has 0 aliphatic rings. The molecule has 0 aliphatic carbocycles. The lowest BCUT2D eigenvalue weighted by molar-refractivity contribution is 0.190. The van der Waals surface area contributed by atoms with Crippen LogP contribution < -0.4 is 5.73 Å². The van der Waals surface area contributed by atoms with Gasteiger partial charge in [-0.15, -0.1) is 0 Å². The van der Waals surface area contributed by atoms with Crippen molar-refractivity contribution in [1.29, 1.82) is 0 Å². The van der Waals surface area contributed by atoms with Gasteiger partial charge in [0.25, 0.3) is 0 Å². The predicted octanol–water partition coefficient (Wildman–Crippen LogP) is -0.742. The lowest BCUT2D eigenvalue weighted by atomic mass is 10.3. The van der Waals surface area contributed by atoms with E-state index in [0.29, 0.717) is 19.1 Å². The first kappa shape index (κ1) is 8.88. The molecule has 0 spiro atoms. The minimum absolute atomic E-state index is 0.209. The van der Waals surface area contributed by atoms with E-state index in [-0.39, 0.29) is 6.61 Å². The summed E-state index contributed by atoms with van der Waals surface area (Å²) in [6, 6.07) is 0.372. The van der Waals surface area contributed by atoms with Crippen molar-refractivity contribution in [2.75, 3.05) is 26.7 Å². The highest BCUT2D eigenvalue weighted by molar-refractivity contribution is 4.61. The van der Waals surface area contributed by atoms with Gasteiger partial charge in [-0.2, -0.15) is 0 Å². The minimum atomic E-state index is 0.209. The van der Waals surface area contributed by atoms with Crippen LogP contribution in [0.2, 0.25) is 0 Å². The van der Waals surface area contributed by atoms with Crippen LogP contribution >= 0.6 is 0 Å². The summed E-state index contributed by atoms with van der Waals surface area (Å²) < 4.78 is 0. The van der Waals surface area contributed by atoms with Crippen molar-refractivity contribution in [2.45, 2.75) is 13.0 Å². The van der Waals surface area contributed by atoms with E-state index in [2.05, 4.69) is 0 Å². The molecule has 0 radical (unpaired) electrons. The average Bonchev–Trinajstić information content (AvgIpc) is 1.87. The fraction of sp³-hybridized carbons (Fsp3) is 1.00. The van der Waals surface area contributed by atoms with E-state index in [0.717, 1.165) is 0 Å². The summed E-state index contributed by atoms with van der Waals surface area (Å²) in [4.78, 5) is 2.03. The minimum Gasteiger partial charge on any atom is -0.395 e. The van der Waals surface area contributed by atoms with Crippen molar-refractivity contribution in [3.05, 3.63) is 0 Å². The van der Waals surface area contributed by atoms with Gasteiger partial charge in [-0.05, 0) is 14.0 Å². The number of aliphatic hydroxyl groups excluding tert-OH is 1. The molecule has 0 aromatic carbocycles. The van der Waals surface area contributed by atoms with Crippen molar-refractivity contribution in [1.82, 2.24) is 4.90 Å². The summed E-state index contributed by atoms with van der Waals surface area (Å²) in [7, 11) is 1.95. The van der Waals surface area contributed by atoms with Gasteiger partial charge in [-0.25, -0.2) is 0 Å². The molecule has 0 saturated carbocycles. The number of likely N-dealkylation sites (N-methyl/N-ethyl adjacent to an activating group) is 1. The first-order chi connectivity index (χ1) is 4.22. The van der Waals surface area contributed by atoms with E-state index in [1.165, 1.54) is 0 Å². The molecule has 9 heavy (non-hydrogen) atoms. The van der Waals surface area contributed by atoms with Crippen LogP contribution in [0.3, 0.4) is 0 Å². The van der Waals surface area contributed by atoms with Gasteiger partial charge in [0, 0.05) is 19.1 Å². The molecule has 56 valence electrons. The van der Waals surface area contributed by atoms with Gasteiger partial charge >= 0.3 is 0 Å². The van der Waals surface area contributed by atoms with Gasteiger partial charge in [0.1, 0.15) is 0 Å². The van der Waals surface area contributed by atoms with Gasteiger partial charge in [0.15, 0.2) is 0 Å². The first-order valence-corrected chi connectivity index (χ1v) is 3.23. The Morgan fingerprint density at radius 3 is 2.56 bits per heavy atom. The SMILES string of the molecule is C[C@H](CN)N(C)CCO. The summed E-state index contributed by atoms with van der Waals surface area (Å²) in [6.07, 6.45) is 0. The van der Waals surface area contributed by atoms with Gasteiger partial charge in [0.2, 0.25) is 0 Å². The molecule has 0 rings (SSSR count).